The summed E-state index contributed by atoms with van der Waals surface area (Å²) in [6, 6.07) is 14.7. The first kappa shape index (κ1) is 16.5. The average molecular weight is 338 g/mol. The third-order valence-electron chi connectivity index (χ3n) is 3.68. The summed E-state index contributed by atoms with van der Waals surface area (Å²) in [4.78, 5) is 16.5. The molecule has 7 heteroatoms. The monoisotopic (exact) mass is 338 g/mol. The molecule has 0 saturated carbocycles. The summed E-state index contributed by atoms with van der Waals surface area (Å²) >= 11 is 0. The number of rotatable bonds is 6. The number of methoxy groups -OCH3 is 2. The Morgan fingerprint density at radius 2 is 1.60 bits per heavy atom. The Morgan fingerprint density at radius 3 is 2.20 bits per heavy atom. The zero-order valence-electron chi connectivity index (χ0n) is 14.0. The van der Waals surface area contributed by atoms with Crippen LogP contribution in [0.4, 0.5) is 0 Å². The fourth-order valence-electron chi connectivity index (χ4n) is 2.31. The summed E-state index contributed by atoms with van der Waals surface area (Å²) in [5, 5.41) is 6.97. The molecule has 0 saturated heterocycles. The van der Waals surface area contributed by atoms with Crippen LogP contribution in [0.3, 0.4) is 0 Å². The van der Waals surface area contributed by atoms with Crippen LogP contribution in [0.1, 0.15) is 16.2 Å². The molecule has 0 spiro atoms. The molecule has 1 heterocycles. The highest BCUT2D eigenvalue weighted by atomic mass is 16.5. The molecule has 128 valence electrons. The van der Waals surface area contributed by atoms with Crippen molar-refractivity contribution in [2.24, 2.45) is 0 Å². The molecule has 0 aliphatic rings. The molecule has 25 heavy (non-hydrogen) atoms. The van der Waals surface area contributed by atoms with Crippen LogP contribution in [0.25, 0.3) is 5.69 Å². The van der Waals surface area contributed by atoms with E-state index in [4.69, 9.17) is 9.47 Å². The fourth-order valence-corrected chi connectivity index (χ4v) is 2.31. The van der Waals surface area contributed by atoms with Crippen molar-refractivity contribution in [3.8, 4) is 17.2 Å². The summed E-state index contributed by atoms with van der Waals surface area (Å²) in [5.41, 5.74) is 1.69. The van der Waals surface area contributed by atoms with Gasteiger partial charge in [-0.1, -0.05) is 12.1 Å². The van der Waals surface area contributed by atoms with E-state index in [1.807, 2.05) is 36.4 Å². The second-order valence-electron chi connectivity index (χ2n) is 5.22. The second kappa shape index (κ2) is 7.48. The van der Waals surface area contributed by atoms with Gasteiger partial charge in [0, 0.05) is 6.54 Å². The van der Waals surface area contributed by atoms with E-state index in [9.17, 15) is 4.79 Å². The summed E-state index contributed by atoms with van der Waals surface area (Å²) < 4.78 is 11.7. The number of aromatic nitrogens is 3. The Labute approximate surface area is 145 Å². The first-order valence-corrected chi connectivity index (χ1v) is 7.67. The van der Waals surface area contributed by atoms with Crippen LogP contribution in [0, 0.1) is 0 Å². The molecule has 1 amide bonds. The summed E-state index contributed by atoms with van der Waals surface area (Å²) in [5.74, 6) is 1.42. The third kappa shape index (κ3) is 3.77. The highest BCUT2D eigenvalue weighted by Crippen LogP contribution is 2.15. The molecule has 0 radical (unpaired) electrons. The number of amides is 1. The summed E-state index contributed by atoms with van der Waals surface area (Å²) in [7, 11) is 3.21. The zero-order chi connectivity index (χ0) is 17.6. The van der Waals surface area contributed by atoms with Gasteiger partial charge in [-0.25, -0.2) is 9.67 Å². The van der Waals surface area contributed by atoms with Crippen molar-refractivity contribution in [1.29, 1.82) is 0 Å². The SMILES string of the molecule is COc1ccc(CNC(=O)c2ncnn2-c2ccc(OC)cc2)cc1. The molecule has 0 atom stereocenters. The number of ether oxygens (including phenoxy) is 2. The van der Waals surface area contributed by atoms with Gasteiger partial charge in [0.25, 0.3) is 5.91 Å². The van der Waals surface area contributed by atoms with E-state index in [2.05, 4.69) is 15.4 Å². The highest BCUT2D eigenvalue weighted by Gasteiger charge is 2.15. The minimum Gasteiger partial charge on any atom is -0.497 e. The molecule has 0 fully saturated rings. The maximum Gasteiger partial charge on any atom is 0.289 e. The smallest absolute Gasteiger partial charge is 0.289 e. The number of nitrogens with one attached hydrogen (secondary N) is 1. The second-order valence-corrected chi connectivity index (χ2v) is 5.22. The lowest BCUT2D eigenvalue weighted by Gasteiger charge is -2.08. The number of hydrogen-bond acceptors (Lipinski definition) is 5. The maximum atomic E-state index is 12.4. The van der Waals surface area contributed by atoms with Crippen molar-refractivity contribution in [3.63, 3.8) is 0 Å². The summed E-state index contributed by atoms with van der Waals surface area (Å²) in [6.45, 7) is 0.387. The van der Waals surface area contributed by atoms with Crippen LogP contribution >= 0.6 is 0 Å². The van der Waals surface area contributed by atoms with Crippen molar-refractivity contribution in [2.45, 2.75) is 6.54 Å². The van der Waals surface area contributed by atoms with E-state index in [0.29, 0.717) is 6.54 Å². The largest absolute Gasteiger partial charge is 0.497 e. The molecule has 1 aromatic heterocycles. The number of nitrogens with zero attached hydrogens (tertiary/aromatic N) is 3. The van der Waals surface area contributed by atoms with Gasteiger partial charge >= 0.3 is 0 Å². The number of benzene rings is 2. The number of hydrogen-bond donors (Lipinski definition) is 1. The average Bonchev–Trinajstić information content (AvgIpc) is 3.16. The highest BCUT2D eigenvalue weighted by molar-refractivity contribution is 5.91. The molecule has 1 N–H and O–H groups in total. The van der Waals surface area contributed by atoms with Gasteiger partial charge in [0.2, 0.25) is 5.82 Å². The van der Waals surface area contributed by atoms with Crippen molar-refractivity contribution >= 4 is 5.91 Å². The number of carbonyl (C=O) groups is 1. The molecular weight excluding hydrogens is 320 g/mol. The van der Waals surface area contributed by atoms with E-state index in [0.717, 1.165) is 22.7 Å². The van der Waals surface area contributed by atoms with Crippen LogP contribution in [0.5, 0.6) is 11.5 Å². The van der Waals surface area contributed by atoms with E-state index in [-0.39, 0.29) is 11.7 Å². The Balaban J connectivity index is 1.71. The zero-order valence-corrected chi connectivity index (χ0v) is 14.0. The van der Waals surface area contributed by atoms with Crippen molar-refractivity contribution in [2.75, 3.05) is 14.2 Å². The van der Waals surface area contributed by atoms with Crippen molar-refractivity contribution < 1.29 is 14.3 Å². The minimum absolute atomic E-state index is 0.221. The van der Waals surface area contributed by atoms with E-state index in [1.165, 1.54) is 11.0 Å². The minimum atomic E-state index is -0.302. The van der Waals surface area contributed by atoms with Gasteiger partial charge in [-0.05, 0) is 42.0 Å². The fraction of sp³-hybridized carbons (Fsp3) is 0.167. The van der Waals surface area contributed by atoms with Gasteiger partial charge in [-0.2, -0.15) is 5.10 Å². The predicted molar refractivity (Wildman–Crippen MR) is 92.1 cm³/mol. The Bertz CT molecular complexity index is 842. The van der Waals surface area contributed by atoms with Crippen molar-refractivity contribution in [3.05, 3.63) is 66.2 Å². The van der Waals surface area contributed by atoms with Gasteiger partial charge in [-0.15, -0.1) is 0 Å². The maximum absolute atomic E-state index is 12.4. The van der Waals surface area contributed by atoms with Crippen molar-refractivity contribution in [1.82, 2.24) is 20.1 Å². The van der Waals surface area contributed by atoms with Gasteiger partial charge in [-0.3, -0.25) is 4.79 Å². The molecule has 0 bridgehead atoms. The molecule has 2 aromatic carbocycles. The van der Waals surface area contributed by atoms with E-state index >= 15 is 0 Å². The standard InChI is InChI=1S/C18H18N4O3/c1-24-15-7-3-13(4-8-15)11-19-18(23)17-20-12-21-22(17)14-5-9-16(25-2)10-6-14/h3-10,12H,11H2,1-2H3,(H,19,23). The topological polar surface area (TPSA) is 78.3 Å². The van der Waals surface area contributed by atoms with E-state index in [1.54, 1.807) is 26.4 Å². The van der Waals surface area contributed by atoms with Crippen LogP contribution in [-0.4, -0.2) is 34.9 Å². The predicted octanol–water partition coefficient (Wildman–Crippen LogP) is 2.21. The van der Waals surface area contributed by atoms with Gasteiger partial charge < -0.3 is 14.8 Å². The molecule has 7 nitrogen and oxygen atoms in total. The first-order valence-electron chi connectivity index (χ1n) is 7.67. The van der Waals surface area contributed by atoms with E-state index < -0.39 is 0 Å². The van der Waals surface area contributed by atoms with Crippen LogP contribution in [0.15, 0.2) is 54.9 Å². The lowest BCUT2D eigenvalue weighted by atomic mass is 10.2. The lowest BCUT2D eigenvalue weighted by molar-refractivity contribution is 0.0938. The molecule has 3 aromatic rings. The van der Waals surface area contributed by atoms with Gasteiger partial charge in [0.1, 0.15) is 17.8 Å². The first-order chi connectivity index (χ1) is 12.2. The van der Waals surface area contributed by atoms with Gasteiger partial charge in [0.05, 0.1) is 19.9 Å². The number of carbonyl (C=O) groups excluding carboxylic acids is 1. The van der Waals surface area contributed by atoms with Crippen LogP contribution in [-0.2, 0) is 6.54 Å². The molecular formula is C18H18N4O3. The Hall–Kier alpha value is -3.35. The third-order valence-corrected chi connectivity index (χ3v) is 3.68. The molecule has 0 aliphatic heterocycles. The van der Waals surface area contributed by atoms with Crippen LogP contribution < -0.4 is 14.8 Å². The Kier molecular flexibility index (Phi) is 4.94. The summed E-state index contributed by atoms with van der Waals surface area (Å²) in [6.07, 6.45) is 1.35. The molecule has 0 aliphatic carbocycles. The molecule has 0 unspecified atom stereocenters. The Morgan fingerprint density at radius 1 is 1.00 bits per heavy atom. The lowest BCUT2D eigenvalue weighted by Crippen LogP contribution is -2.26. The quantitative estimate of drug-likeness (QED) is 0.745. The normalized spacial score (nSPS) is 10.3. The molecule has 3 rings (SSSR count). The van der Waals surface area contributed by atoms with Crippen LogP contribution in [0.2, 0.25) is 0 Å². The van der Waals surface area contributed by atoms with Gasteiger partial charge in [0.15, 0.2) is 0 Å².